The van der Waals surface area contributed by atoms with Gasteiger partial charge in [-0.1, -0.05) is 37.8 Å². The first kappa shape index (κ1) is 18.2. The van der Waals surface area contributed by atoms with Gasteiger partial charge in [0.15, 0.2) is 0 Å². The fourth-order valence-corrected chi connectivity index (χ4v) is 4.02. The number of piperidine rings is 1. The summed E-state index contributed by atoms with van der Waals surface area (Å²) in [6.07, 6.45) is 9.86. The van der Waals surface area contributed by atoms with Gasteiger partial charge in [-0.15, -0.1) is 0 Å². The van der Waals surface area contributed by atoms with Gasteiger partial charge < -0.3 is 15.6 Å². The number of benzene rings is 1. The molecule has 1 aliphatic rings. The van der Waals surface area contributed by atoms with Crippen LogP contribution in [-0.2, 0) is 0 Å². The molecule has 3 N–H and O–H groups in total. The number of unbranched alkanes of at least 4 members (excludes halogenated alkanes) is 5. The number of fused-ring (bicyclic) bond motifs is 1. The van der Waals surface area contributed by atoms with Crippen molar-refractivity contribution in [2.45, 2.75) is 57.4 Å². The Labute approximate surface area is 150 Å². The minimum atomic E-state index is 0.0390. The zero-order valence-electron chi connectivity index (χ0n) is 15.3. The first-order valence-corrected chi connectivity index (χ1v) is 9.91. The van der Waals surface area contributed by atoms with E-state index in [9.17, 15) is 4.79 Å². The van der Waals surface area contributed by atoms with Gasteiger partial charge in [0, 0.05) is 19.1 Å². The summed E-state index contributed by atoms with van der Waals surface area (Å²) in [7, 11) is 0. The lowest BCUT2D eigenvalue weighted by Gasteiger charge is -2.32. The molecular weight excluding hydrogens is 312 g/mol. The average molecular weight is 345 g/mol. The third kappa shape index (κ3) is 4.73. The second-order valence-electron chi connectivity index (χ2n) is 7.30. The van der Waals surface area contributed by atoms with Gasteiger partial charge in [-0.2, -0.15) is 0 Å². The van der Waals surface area contributed by atoms with Crippen molar-refractivity contribution in [1.82, 2.24) is 14.5 Å². The molecule has 1 fully saturated rings. The monoisotopic (exact) mass is 344 g/mol. The van der Waals surface area contributed by atoms with Crippen molar-refractivity contribution >= 4 is 11.0 Å². The highest BCUT2D eigenvalue weighted by Gasteiger charge is 2.23. The van der Waals surface area contributed by atoms with Gasteiger partial charge in [0.1, 0.15) is 0 Å². The Morgan fingerprint density at radius 1 is 1.00 bits per heavy atom. The largest absolute Gasteiger partial charge is 0.330 e. The number of para-hydroxylation sites is 2. The van der Waals surface area contributed by atoms with E-state index in [1.165, 1.54) is 45.1 Å². The van der Waals surface area contributed by atoms with Crippen LogP contribution in [0.2, 0.25) is 0 Å². The van der Waals surface area contributed by atoms with E-state index in [0.29, 0.717) is 6.04 Å². The number of nitrogens with two attached hydrogens (primary N) is 1. The number of hydrogen-bond donors (Lipinski definition) is 2. The molecule has 1 aromatic carbocycles. The zero-order valence-corrected chi connectivity index (χ0v) is 15.3. The van der Waals surface area contributed by atoms with Crippen LogP contribution in [0.1, 0.15) is 57.4 Å². The Kier molecular flexibility index (Phi) is 6.70. The number of rotatable bonds is 9. The third-order valence-electron chi connectivity index (χ3n) is 5.47. The Hall–Kier alpha value is -1.59. The van der Waals surface area contributed by atoms with Gasteiger partial charge in [0.25, 0.3) is 0 Å². The van der Waals surface area contributed by atoms with Gasteiger partial charge in [0.05, 0.1) is 11.0 Å². The second kappa shape index (κ2) is 9.20. The smallest absolute Gasteiger partial charge is 0.326 e. The van der Waals surface area contributed by atoms with Crippen molar-refractivity contribution in [1.29, 1.82) is 0 Å². The predicted molar refractivity (Wildman–Crippen MR) is 104 cm³/mol. The van der Waals surface area contributed by atoms with Gasteiger partial charge in [-0.3, -0.25) is 4.57 Å². The summed E-state index contributed by atoms with van der Waals surface area (Å²) in [6.45, 7) is 4.23. The van der Waals surface area contributed by atoms with E-state index in [-0.39, 0.29) is 5.69 Å². The molecule has 5 nitrogen and oxygen atoms in total. The number of nitrogens with one attached hydrogen (secondary N) is 1. The maximum Gasteiger partial charge on any atom is 0.326 e. The second-order valence-corrected chi connectivity index (χ2v) is 7.30. The van der Waals surface area contributed by atoms with Crippen molar-refractivity contribution in [3.8, 4) is 0 Å². The summed E-state index contributed by atoms with van der Waals surface area (Å²) in [4.78, 5) is 17.9. The molecule has 0 aliphatic carbocycles. The quantitative estimate of drug-likeness (QED) is 0.686. The van der Waals surface area contributed by atoms with Crippen LogP contribution in [0.15, 0.2) is 29.1 Å². The van der Waals surface area contributed by atoms with Crippen LogP contribution >= 0.6 is 0 Å². The highest BCUT2D eigenvalue weighted by molar-refractivity contribution is 5.75. The molecular formula is C20H32N4O. The van der Waals surface area contributed by atoms with Crippen LogP contribution in [0.25, 0.3) is 11.0 Å². The number of H-pyrrole nitrogens is 1. The van der Waals surface area contributed by atoms with Crippen molar-refractivity contribution in [2.75, 3.05) is 26.2 Å². The van der Waals surface area contributed by atoms with E-state index in [2.05, 4.69) is 9.88 Å². The van der Waals surface area contributed by atoms with Crippen molar-refractivity contribution in [3.05, 3.63) is 34.7 Å². The van der Waals surface area contributed by atoms with Crippen LogP contribution in [-0.4, -0.2) is 40.6 Å². The van der Waals surface area contributed by atoms with Crippen molar-refractivity contribution in [2.24, 2.45) is 5.73 Å². The number of aromatic amines is 1. The standard InChI is InChI=1S/C20H32N4O/c21-13-7-3-1-2-4-8-14-23-15-11-17(12-16-23)24-19-10-6-5-9-18(19)22-20(24)25/h5-6,9-10,17H,1-4,7-8,11-16,21H2,(H,22,25). The molecule has 0 saturated carbocycles. The van der Waals surface area contributed by atoms with E-state index < -0.39 is 0 Å². The van der Waals surface area contributed by atoms with E-state index in [1.54, 1.807) is 0 Å². The van der Waals surface area contributed by atoms with Crippen LogP contribution < -0.4 is 11.4 Å². The molecule has 0 bridgehead atoms. The number of imidazole rings is 1. The molecule has 1 aliphatic heterocycles. The molecule has 0 radical (unpaired) electrons. The summed E-state index contributed by atoms with van der Waals surface area (Å²) in [6, 6.07) is 8.34. The van der Waals surface area contributed by atoms with E-state index in [4.69, 9.17) is 5.73 Å². The lowest BCUT2D eigenvalue weighted by molar-refractivity contribution is 0.183. The molecule has 2 heterocycles. The fraction of sp³-hybridized carbons (Fsp3) is 0.650. The topological polar surface area (TPSA) is 67.0 Å². The summed E-state index contributed by atoms with van der Waals surface area (Å²) < 4.78 is 1.98. The number of hydrogen-bond acceptors (Lipinski definition) is 3. The third-order valence-corrected chi connectivity index (χ3v) is 5.47. The highest BCUT2D eigenvalue weighted by Crippen LogP contribution is 2.25. The van der Waals surface area contributed by atoms with Gasteiger partial charge in [-0.05, 0) is 50.9 Å². The predicted octanol–water partition coefficient (Wildman–Crippen LogP) is 3.27. The van der Waals surface area contributed by atoms with Crippen molar-refractivity contribution in [3.63, 3.8) is 0 Å². The van der Waals surface area contributed by atoms with Gasteiger partial charge >= 0.3 is 5.69 Å². The fourth-order valence-electron chi connectivity index (χ4n) is 4.02. The molecule has 0 amide bonds. The zero-order chi connectivity index (χ0) is 17.5. The SMILES string of the molecule is NCCCCCCCCN1CCC(n2c(=O)[nH]c3ccccc32)CC1. The lowest BCUT2D eigenvalue weighted by Crippen LogP contribution is -2.37. The average Bonchev–Trinajstić information content (AvgIpc) is 2.97. The van der Waals surface area contributed by atoms with Crippen LogP contribution in [0, 0.1) is 0 Å². The minimum Gasteiger partial charge on any atom is -0.330 e. The Morgan fingerprint density at radius 2 is 1.68 bits per heavy atom. The summed E-state index contributed by atoms with van der Waals surface area (Å²) >= 11 is 0. The number of aromatic nitrogens is 2. The van der Waals surface area contributed by atoms with Gasteiger partial charge in [0.2, 0.25) is 0 Å². The summed E-state index contributed by atoms with van der Waals surface area (Å²) in [5.41, 5.74) is 7.56. The van der Waals surface area contributed by atoms with Crippen LogP contribution in [0.4, 0.5) is 0 Å². The molecule has 138 valence electrons. The molecule has 25 heavy (non-hydrogen) atoms. The maximum atomic E-state index is 12.3. The van der Waals surface area contributed by atoms with E-state index >= 15 is 0 Å². The molecule has 1 saturated heterocycles. The minimum absolute atomic E-state index is 0.0390. The Balaban J connectivity index is 1.43. The number of likely N-dealkylation sites (tertiary alicyclic amines) is 1. The number of nitrogens with zero attached hydrogens (tertiary/aromatic N) is 2. The highest BCUT2D eigenvalue weighted by atomic mass is 16.1. The molecule has 5 heteroatoms. The first-order chi connectivity index (χ1) is 12.3. The molecule has 0 spiro atoms. The Morgan fingerprint density at radius 3 is 2.44 bits per heavy atom. The molecule has 0 atom stereocenters. The normalized spacial score (nSPS) is 16.7. The van der Waals surface area contributed by atoms with Gasteiger partial charge in [-0.25, -0.2) is 4.79 Å². The molecule has 1 aromatic heterocycles. The van der Waals surface area contributed by atoms with E-state index in [1.807, 2.05) is 28.8 Å². The van der Waals surface area contributed by atoms with Crippen LogP contribution in [0.3, 0.4) is 0 Å². The first-order valence-electron chi connectivity index (χ1n) is 9.91. The molecule has 3 rings (SSSR count). The van der Waals surface area contributed by atoms with E-state index in [0.717, 1.165) is 43.5 Å². The molecule has 2 aromatic rings. The summed E-state index contributed by atoms with van der Waals surface area (Å²) in [5, 5.41) is 0. The summed E-state index contributed by atoms with van der Waals surface area (Å²) in [5.74, 6) is 0. The Bertz CT molecular complexity index is 697. The maximum absolute atomic E-state index is 12.3. The van der Waals surface area contributed by atoms with Crippen LogP contribution in [0.5, 0.6) is 0 Å². The van der Waals surface area contributed by atoms with Crippen molar-refractivity contribution < 1.29 is 0 Å². The molecule has 0 unspecified atom stereocenters. The lowest BCUT2D eigenvalue weighted by atomic mass is 10.0.